The minimum atomic E-state index is -2.44. The number of hydrogen-bond donors (Lipinski definition) is 0. The molecular weight excluding hydrogens is 683 g/mol. The molecular formula is C51H39N3Si. The van der Waals surface area contributed by atoms with Crippen molar-refractivity contribution in [3.05, 3.63) is 241 Å². The molecule has 0 unspecified atom stereocenters. The molecule has 4 heteroatoms. The van der Waals surface area contributed by atoms with Crippen molar-refractivity contribution in [2.24, 2.45) is 0 Å². The zero-order valence-electron chi connectivity index (χ0n) is 30.6. The number of hydrogen-bond acceptors (Lipinski definition) is 1. The van der Waals surface area contributed by atoms with Gasteiger partial charge in [-0.25, -0.2) is 4.98 Å². The monoisotopic (exact) mass is 721 g/mol. The zero-order chi connectivity index (χ0) is 36.8. The van der Waals surface area contributed by atoms with Crippen molar-refractivity contribution in [3.63, 3.8) is 0 Å². The molecule has 0 aliphatic rings. The first-order chi connectivity index (χ1) is 27.2. The maximum absolute atomic E-state index is 5.22. The highest BCUT2D eigenvalue weighted by Gasteiger charge is 2.41. The van der Waals surface area contributed by atoms with E-state index in [1.807, 2.05) is 0 Å². The summed E-state index contributed by atoms with van der Waals surface area (Å²) in [5.74, 6) is 0.902. The van der Waals surface area contributed by atoms with E-state index in [0.717, 1.165) is 33.5 Å². The summed E-state index contributed by atoms with van der Waals surface area (Å²) in [6, 6.07) is 80.0. The first kappa shape index (κ1) is 32.9. The molecule has 0 saturated carbocycles. The fraction of sp³-hybridized carbons (Fsp3) is 0.0392. The molecule has 0 atom stereocenters. The van der Waals surface area contributed by atoms with Gasteiger partial charge in [0.1, 0.15) is 8.07 Å². The molecule has 10 rings (SSSR count). The molecule has 0 N–H and O–H groups in total. The minimum Gasteiger partial charge on any atom is -0.278 e. The van der Waals surface area contributed by atoms with Gasteiger partial charge < -0.3 is 0 Å². The zero-order valence-corrected chi connectivity index (χ0v) is 31.6. The molecule has 0 aliphatic heterocycles. The molecule has 0 saturated heterocycles. The van der Waals surface area contributed by atoms with E-state index in [4.69, 9.17) is 4.98 Å². The van der Waals surface area contributed by atoms with Gasteiger partial charge in [0, 0.05) is 5.69 Å². The molecule has 55 heavy (non-hydrogen) atoms. The van der Waals surface area contributed by atoms with Crippen LogP contribution in [0.4, 0.5) is 0 Å². The Bertz CT molecular complexity index is 2850. The summed E-state index contributed by atoms with van der Waals surface area (Å²) < 4.78 is 4.62. The highest BCUT2D eigenvalue weighted by atomic mass is 28.3. The molecule has 10 aromatic rings. The quantitative estimate of drug-likeness (QED) is 0.113. The second-order valence-corrected chi connectivity index (χ2v) is 18.5. The number of benzene rings is 8. The SMILES string of the molecule is C[Si](c1ccccc1)(c1ccccc1)c1cccc(C(c2ccccc2)(c2ccccc2)c2cccc(-n3c4ccccc4n4c5ccccc5nc34)c2)c1. The van der Waals surface area contributed by atoms with E-state index in [-0.39, 0.29) is 0 Å². The third kappa shape index (κ3) is 5.14. The Morgan fingerprint density at radius 2 is 0.855 bits per heavy atom. The highest BCUT2D eigenvalue weighted by Crippen LogP contribution is 2.46. The van der Waals surface area contributed by atoms with Crippen LogP contribution in [-0.2, 0) is 5.41 Å². The van der Waals surface area contributed by atoms with Gasteiger partial charge in [-0.2, -0.15) is 0 Å². The van der Waals surface area contributed by atoms with Crippen LogP contribution in [0.25, 0.3) is 33.5 Å². The molecule has 0 amide bonds. The lowest BCUT2D eigenvalue weighted by molar-refractivity contribution is 0.745. The Morgan fingerprint density at radius 1 is 0.400 bits per heavy atom. The number of para-hydroxylation sites is 4. The third-order valence-corrected chi connectivity index (χ3v) is 16.1. The van der Waals surface area contributed by atoms with Gasteiger partial charge in [-0.15, -0.1) is 0 Å². The van der Waals surface area contributed by atoms with Crippen molar-refractivity contribution in [1.82, 2.24) is 14.0 Å². The van der Waals surface area contributed by atoms with E-state index in [2.05, 4.69) is 234 Å². The van der Waals surface area contributed by atoms with Crippen molar-refractivity contribution in [1.29, 1.82) is 0 Å². The topological polar surface area (TPSA) is 22.2 Å². The maximum atomic E-state index is 5.22. The molecule has 0 aliphatic carbocycles. The second kappa shape index (κ2) is 13.3. The van der Waals surface area contributed by atoms with Gasteiger partial charge in [0.2, 0.25) is 5.78 Å². The van der Waals surface area contributed by atoms with E-state index in [9.17, 15) is 0 Å². The normalized spacial score (nSPS) is 12.1. The van der Waals surface area contributed by atoms with Crippen LogP contribution in [0.5, 0.6) is 0 Å². The number of fused-ring (bicyclic) bond motifs is 5. The molecule has 262 valence electrons. The fourth-order valence-electron chi connectivity index (χ4n) is 8.97. The van der Waals surface area contributed by atoms with E-state index < -0.39 is 13.5 Å². The predicted molar refractivity (Wildman–Crippen MR) is 231 cm³/mol. The Labute approximate surface area is 322 Å². The summed E-state index contributed by atoms with van der Waals surface area (Å²) in [5.41, 5.74) is 9.62. The molecule has 3 nitrogen and oxygen atoms in total. The summed E-state index contributed by atoms with van der Waals surface area (Å²) in [5, 5.41) is 4.15. The summed E-state index contributed by atoms with van der Waals surface area (Å²) in [7, 11) is -2.44. The Kier molecular flexibility index (Phi) is 7.93. The van der Waals surface area contributed by atoms with E-state index in [1.54, 1.807) is 0 Å². The van der Waals surface area contributed by atoms with Crippen molar-refractivity contribution in [2.45, 2.75) is 12.0 Å². The van der Waals surface area contributed by atoms with E-state index in [0.29, 0.717) is 0 Å². The lowest BCUT2D eigenvalue weighted by Crippen LogP contribution is -2.64. The largest absolute Gasteiger partial charge is 0.278 e. The van der Waals surface area contributed by atoms with Gasteiger partial charge in [-0.05, 0) is 74.2 Å². The van der Waals surface area contributed by atoms with Crippen LogP contribution in [-0.4, -0.2) is 22.0 Å². The molecule has 2 aromatic heterocycles. The number of rotatable bonds is 8. The maximum Gasteiger partial charge on any atom is 0.220 e. The summed E-state index contributed by atoms with van der Waals surface area (Å²) in [6.07, 6.45) is 0. The second-order valence-electron chi connectivity index (χ2n) is 14.5. The van der Waals surface area contributed by atoms with Gasteiger partial charge >= 0.3 is 0 Å². The minimum absolute atomic E-state index is 0.642. The van der Waals surface area contributed by atoms with E-state index in [1.165, 1.54) is 37.8 Å². The first-order valence-electron chi connectivity index (χ1n) is 19.0. The number of nitrogens with zero attached hydrogens (tertiary/aromatic N) is 3. The van der Waals surface area contributed by atoms with Crippen LogP contribution >= 0.6 is 0 Å². The van der Waals surface area contributed by atoms with Crippen LogP contribution in [0.1, 0.15) is 22.3 Å². The van der Waals surface area contributed by atoms with Crippen molar-refractivity contribution in [3.8, 4) is 5.69 Å². The van der Waals surface area contributed by atoms with Gasteiger partial charge in [-0.3, -0.25) is 8.97 Å². The van der Waals surface area contributed by atoms with Gasteiger partial charge in [0.05, 0.1) is 27.5 Å². The van der Waals surface area contributed by atoms with Crippen LogP contribution in [0.2, 0.25) is 6.55 Å². The van der Waals surface area contributed by atoms with Crippen LogP contribution in [0.3, 0.4) is 0 Å². The Balaban J connectivity index is 1.27. The summed E-state index contributed by atoms with van der Waals surface area (Å²) in [6.45, 7) is 2.50. The standard InChI is InChI=1S/C51H39N3Si/c1-55(43-27-10-4-11-28-43,44-29-12-5-13-30-44)45-31-19-25-41(37-45)51(38-20-6-2-7-21-38,39-22-8-3-9-23-39)40-24-18-26-42(36-40)53-48-34-16-17-35-49(48)54-47-33-15-14-32-46(47)52-50(53)54/h2-37H,1H3. The molecule has 0 spiro atoms. The molecule has 0 bridgehead atoms. The molecule has 0 radical (unpaired) electrons. The van der Waals surface area contributed by atoms with Crippen molar-refractivity contribution >= 4 is 51.5 Å². The predicted octanol–water partition coefficient (Wildman–Crippen LogP) is 9.91. The van der Waals surface area contributed by atoms with Crippen molar-refractivity contribution < 1.29 is 0 Å². The van der Waals surface area contributed by atoms with Crippen molar-refractivity contribution in [2.75, 3.05) is 0 Å². The Hall–Kier alpha value is -6.75. The van der Waals surface area contributed by atoms with E-state index >= 15 is 0 Å². The number of aromatic nitrogens is 3. The molecule has 8 aromatic carbocycles. The average molecular weight is 722 g/mol. The fourth-order valence-corrected chi connectivity index (χ4v) is 12.6. The van der Waals surface area contributed by atoms with Crippen LogP contribution < -0.4 is 15.6 Å². The molecule has 0 fully saturated rings. The van der Waals surface area contributed by atoms with Gasteiger partial charge in [0.25, 0.3) is 0 Å². The average Bonchev–Trinajstić information content (AvgIpc) is 3.80. The molecule has 2 heterocycles. The van der Waals surface area contributed by atoms with Crippen LogP contribution in [0, 0.1) is 0 Å². The summed E-state index contributed by atoms with van der Waals surface area (Å²) in [4.78, 5) is 5.22. The lowest BCUT2D eigenvalue weighted by Gasteiger charge is -2.38. The van der Waals surface area contributed by atoms with Gasteiger partial charge in [-0.1, -0.05) is 189 Å². The summed E-state index contributed by atoms with van der Waals surface area (Å²) >= 11 is 0. The smallest absolute Gasteiger partial charge is 0.220 e. The number of imidazole rings is 2. The Morgan fingerprint density at radius 3 is 1.47 bits per heavy atom. The highest BCUT2D eigenvalue weighted by molar-refractivity contribution is 7.10. The van der Waals surface area contributed by atoms with Gasteiger partial charge in [0.15, 0.2) is 0 Å². The lowest BCUT2D eigenvalue weighted by atomic mass is 9.65. The van der Waals surface area contributed by atoms with Crippen LogP contribution in [0.15, 0.2) is 218 Å². The first-order valence-corrected chi connectivity index (χ1v) is 21.5. The third-order valence-electron chi connectivity index (χ3n) is 11.6.